The number of alkyl halides is 3. The molecule has 1 heterocycles. The van der Waals surface area contributed by atoms with Gasteiger partial charge in [-0.15, -0.1) is 12.4 Å². The zero-order chi connectivity index (χ0) is 11.8. The molecule has 0 saturated heterocycles. The first-order valence-corrected chi connectivity index (χ1v) is 5.70. The molecule has 17 heavy (non-hydrogen) atoms. The monoisotopic (exact) mass is 289 g/mol. The minimum atomic E-state index is -4.29. The Morgan fingerprint density at radius 2 is 2.06 bits per heavy atom. The van der Waals surface area contributed by atoms with E-state index in [9.17, 15) is 13.2 Å². The van der Waals surface area contributed by atoms with Crippen molar-refractivity contribution in [1.82, 2.24) is 10.1 Å². The summed E-state index contributed by atoms with van der Waals surface area (Å²) in [6, 6.07) is 0. The zero-order valence-electron chi connectivity index (χ0n) is 8.66. The molecular weight excluding hydrogens is 279 g/mol. The van der Waals surface area contributed by atoms with Crippen LogP contribution in [0.2, 0.25) is 0 Å². The molecule has 0 unspecified atom stereocenters. The lowest BCUT2D eigenvalue weighted by molar-refractivity contribution is -0.0330. The van der Waals surface area contributed by atoms with Gasteiger partial charge in [0.2, 0.25) is 5.89 Å². The first-order valence-electron chi connectivity index (χ1n) is 4.72. The van der Waals surface area contributed by atoms with Crippen molar-refractivity contribution in [1.29, 1.82) is 0 Å². The van der Waals surface area contributed by atoms with Gasteiger partial charge in [-0.2, -0.15) is 18.2 Å². The van der Waals surface area contributed by atoms with E-state index in [1.807, 2.05) is 0 Å². The number of nitrogens with two attached hydrogens (primary N) is 1. The van der Waals surface area contributed by atoms with Crippen LogP contribution in [-0.4, -0.2) is 15.6 Å². The molecule has 1 saturated carbocycles. The summed E-state index contributed by atoms with van der Waals surface area (Å²) in [7, 11) is 0. The minimum absolute atomic E-state index is 0. The smallest absolute Gasteiger partial charge is 0.338 e. The van der Waals surface area contributed by atoms with Gasteiger partial charge in [0.25, 0.3) is 0 Å². The molecule has 1 aliphatic carbocycles. The summed E-state index contributed by atoms with van der Waals surface area (Å²) in [6.07, 6.45) is 2.48. The van der Waals surface area contributed by atoms with Gasteiger partial charge in [0.05, 0.1) is 11.3 Å². The van der Waals surface area contributed by atoms with E-state index in [2.05, 4.69) is 10.1 Å². The fourth-order valence-corrected chi connectivity index (χ4v) is 1.84. The van der Waals surface area contributed by atoms with Crippen LogP contribution >= 0.6 is 24.2 Å². The Bertz CT molecular complexity index is 380. The third kappa shape index (κ3) is 3.49. The molecule has 1 aliphatic rings. The molecule has 1 fully saturated rings. The fourth-order valence-electron chi connectivity index (χ4n) is 1.44. The van der Waals surface area contributed by atoms with Crippen molar-refractivity contribution in [3.05, 3.63) is 11.7 Å². The number of rotatable bonds is 3. The lowest BCUT2D eigenvalue weighted by atomic mass is 9.77. The normalized spacial score (nSPS) is 18.4. The number of halogens is 4. The summed E-state index contributed by atoms with van der Waals surface area (Å²) in [5, 5.41) is 3.62. The van der Waals surface area contributed by atoms with Crippen molar-refractivity contribution >= 4 is 24.2 Å². The van der Waals surface area contributed by atoms with Crippen LogP contribution in [0.1, 0.15) is 31.0 Å². The summed E-state index contributed by atoms with van der Waals surface area (Å²) >= 11 is -0.201. The number of thioether (sulfide) groups is 1. The van der Waals surface area contributed by atoms with E-state index in [1.54, 1.807) is 0 Å². The van der Waals surface area contributed by atoms with Gasteiger partial charge in [-0.05, 0) is 31.0 Å². The number of aromatic nitrogens is 2. The third-order valence-electron chi connectivity index (χ3n) is 2.52. The maximum absolute atomic E-state index is 11.9. The number of hydrogen-bond donors (Lipinski definition) is 1. The van der Waals surface area contributed by atoms with Crippen molar-refractivity contribution < 1.29 is 17.7 Å². The van der Waals surface area contributed by atoms with Crippen molar-refractivity contribution in [3.8, 4) is 0 Å². The van der Waals surface area contributed by atoms with E-state index in [0.29, 0.717) is 5.82 Å². The van der Waals surface area contributed by atoms with Crippen molar-refractivity contribution in [2.45, 2.75) is 36.1 Å². The van der Waals surface area contributed by atoms with Gasteiger partial charge in [0.15, 0.2) is 5.82 Å². The molecule has 0 amide bonds. The minimum Gasteiger partial charge on any atom is -0.338 e. The maximum Gasteiger partial charge on any atom is 0.442 e. The number of hydrogen-bond acceptors (Lipinski definition) is 5. The third-order valence-corrected chi connectivity index (χ3v) is 3.24. The van der Waals surface area contributed by atoms with E-state index >= 15 is 0 Å². The van der Waals surface area contributed by atoms with Crippen LogP contribution in [0.5, 0.6) is 0 Å². The molecule has 4 nitrogen and oxygen atoms in total. The first-order chi connectivity index (χ1) is 7.39. The molecule has 0 atom stereocenters. The van der Waals surface area contributed by atoms with Gasteiger partial charge in [-0.3, -0.25) is 0 Å². The summed E-state index contributed by atoms with van der Waals surface area (Å²) in [6.45, 7) is 0. The predicted octanol–water partition coefficient (Wildman–Crippen LogP) is 2.58. The molecule has 0 spiro atoms. The van der Waals surface area contributed by atoms with E-state index < -0.39 is 11.0 Å². The Kier molecular flexibility index (Phi) is 4.32. The molecule has 9 heteroatoms. The van der Waals surface area contributed by atoms with Crippen LogP contribution in [0, 0.1) is 0 Å². The highest BCUT2D eigenvalue weighted by atomic mass is 35.5. The van der Waals surface area contributed by atoms with Crippen LogP contribution < -0.4 is 5.73 Å². The van der Waals surface area contributed by atoms with Crippen LogP contribution in [0.15, 0.2) is 4.52 Å². The SMILES string of the molecule is Cl.NC1(c2noc(CSC(F)(F)F)n2)CCC1. The first kappa shape index (κ1) is 14.6. The van der Waals surface area contributed by atoms with Crippen LogP contribution in [0.3, 0.4) is 0 Å². The van der Waals surface area contributed by atoms with Gasteiger partial charge in [-0.1, -0.05) is 5.16 Å². The summed E-state index contributed by atoms with van der Waals surface area (Å²) < 4.78 is 40.4. The molecule has 0 radical (unpaired) electrons. The van der Waals surface area contributed by atoms with Crippen LogP contribution in [-0.2, 0) is 11.3 Å². The van der Waals surface area contributed by atoms with Crippen LogP contribution in [0.25, 0.3) is 0 Å². The van der Waals surface area contributed by atoms with Gasteiger partial charge in [-0.25, -0.2) is 0 Å². The number of nitrogens with zero attached hydrogens (tertiary/aromatic N) is 2. The standard InChI is InChI=1S/C8H10F3N3OS.ClH/c9-8(10,11)16-4-5-13-6(14-15-5)7(12)2-1-3-7;/h1-4,12H2;1H. The van der Waals surface area contributed by atoms with E-state index in [-0.39, 0.29) is 35.8 Å². The Morgan fingerprint density at radius 1 is 1.41 bits per heavy atom. The highest BCUT2D eigenvalue weighted by Crippen LogP contribution is 2.37. The second-order valence-corrected chi connectivity index (χ2v) is 4.80. The van der Waals surface area contributed by atoms with Gasteiger partial charge in [0.1, 0.15) is 0 Å². The predicted molar refractivity (Wildman–Crippen MR) is 58.6 cm³/mol. The Morgan fingerprint density at radius 3 is 2.53 bits per heavy atom. The second-order valence-electron chi connectivity index (χ2n) is 3.76. The zero-order valence-corrected chi connectivity index (χ0v) is 10.3. The van der Waals surface area contributed by atoms with Gasteiger partial charge < -0.3 is 10.3 Å². The molecular formula is C8H11ClF3N3OS. The molecule has 1 aromatic rings. The molecule has 1 aromatic heterocycles. The van der Waals surface area contributed by atoms with E-state index in [1.165, 1.54) is 0 Å². The summed E-state index contributed by atoms with van der Waals surface area (Å²) in [5.41, 5.74) is 1.03. The Labute approximate surface area is 106 Å². The van der Waals surface area contributed by atoms with Crippen molar-refractivity contribution in [2.24, 2.45) is 5.73 Å². The second kappa shape index (κ2) is 5.03. The van der Waals surface area contributed by atoms with E-state index in [4.69, 9.17) is 10.3 Å². The molecule has 2 rings (SSSR count). The van der Waals surface area contributed by atoms with Crippen molar-refractivity contribution in [3.63, 3.8) is 0 Å². The van der Waals surface area contributed by atoms with Gasteiger partial charge >= 0.3 is 5.51 Å². The molecule has 0 aromatic carbocycles. The van der Waals surface area contributed by atoms with E-state index in [0.717, 1.165) is 19.3 Å². The lowest BCUT2D eigenvalue weighted by Gasteiger charge is -2.34. The summed E-state index contributed by atoms with van der Waals surface area (Å²) in [5.74, 6) is -0.0855. The Hall–Kier alpha value is -0.470. The average molecular weight is 290 g/mol. The Balaban J connectivity index is 0.00000144. The summed E-state index contributed by atoms with van der Waals surface area (Å²) in [4.78, 5) is 3.88. The molecule has 0 aliphatic heterocycles. The van der Waals surface area contributed by atoms with Crippen LogP contribution in [0.4, 0.5) is 13.2 Å². The lowest BCUT2D eigenvalue weighted by Crippen LogP contribution is -2.44. The molecule has 2 N–H and O–H groups in total. The van der Waals surface area contributed by atoms with Crippen molar-refractivity contribution in [2.75, 3.05) is 0 Å². The fraction of sp³-hybridized carbons (Fsp3) is 0.750. The largest absolute Gasteiger partial charge is 0.442 e. The quantitative estimate of drug-likeness (QED) is 0.926. The molecule has 98 valence electrons. The molecule has 0 bridgehead atoms. The topological polar surface area (TPSA) is 64.9 Å². The maximum atomic E-state index is 11.9. The average Bonchev–Trinajstić information content (AvgIpc) is 2.58. The van der Waals surface area contributed by atoms with Gasteiger partial charge in [0, 0.05) is 0 Å². The highest BCUT2D eigenvalue weighted by molar-refractivity contribution is 7.99. The highest BCUT2D eigenvalue weighted by Gasteiger charge is 2.39.